The molecule has 0 unspecified atom stereocenters. The molecule has 0 bridgehead atoms. The van der Waals surface area contributed by atoms with Gasteiger partial charge in [-0.2, -0.15) is 9.98 Å². The van der Waals surface area contributed by atoms with Crippen molar-refractivity contribution in [3.8, 4) is 11.1 Å². The van der Waals surface area contributed by atoms with E-state index in [1.807, 2.05) is 12.1 Å². The molecule has 2 aromatic rings. The minimum Gasteiger partial charge on any atom is -0.211 e. The van der Waals surface area contributed by atoms with Crippen LogP contribution >= 0.6 is 31.9 Å². The highest BCUT2D eigenvalue weighted by Gasteiger charge is 2.08. The van der Waals surface area contributed by atoms with Gasteiger partial charge >= 0.3 is 0 Å². The van der Waals surface area contributed by atoms with Crippen LogP contribution in [0.5, 0.6) is 0 Å². The van der Waals surface area contributed by atoms with E-state index in [-0.39, 0.29) is 0 Å². The normalized spacial score (nSPS) is 9.50. The van der Waals surface area contributed by atoms with E-state index in [2.05, 4.69) is 41.8 Å². The molecule has 0 fully saturated rings. The van der Waals surface area contributed by atoms with Crippen molar-refractivity contribution in [3.05, 3.63) is 45.3 Å². The number of halogens is 2. The Balaban J connectivity index is 2.51. The molecule has 0 radical (unpaired) electrons. The van der Waals surface area contributed by atoms with Crippen LogP contribution in [0.1, 0.15) is 0 Å². The zero-order chi connectivity index (χ0) is 14.5. The second-order valence-corrected chi connectivity index (χ2v) is 5.44. The lowest BCUT2D eigenvalue weighted by Crippen LogP contribution is -1.82. The summed E-state index contributed by atoms with van der Waals surface area (Å²) in [5.41, 5.74) is 2.88. The molecule has 0 spiro atoms. The van der Waals surface area contributed by atoms with Gasteiger partial charge in [0.1, 0.15) is 0 Å². The second kappa shape index (κ2) is 6.55. The largest absolute Gasteiger partial charge is 0.240 e. The predicted octanol–water partition coefficient (Wildman–Crippen LogP) is 4.81. The van der Waals surface area contributed by atoms with Gasteiger partial charge in [0.05, 0.1) is 11.4 Å². The van der Waals surface area contributed by atoms with Crippen LogP contribution in [-0.4, -0.2) is 12.2 Å². The highest BCUT2D eigenvalue weighted by molar-refractivity contribution is 9.11. The Bertz CT molecular complexity index is 696. The number of aliphatic imine (C=N–C) groups is 2. The first-order chi connectivity index (χ1) is 9.65. The molecule has 4 nitrogen and oxygen atoms in total. The molecule has 0 atom stereocenters. The summed E-state index contributed by atoms with van der Waals surface area (Å²) >= 11 is 6.88. The van der Waals surface area contributed by atoms with Gasteiger partial charge in [-0.1, -0.05) is 44.0 Å². The minimum absolute atomic E-state index is 0.522. The maximum atomic E-state index is 10.2. The Morgan fingerprint density at radius 3 is 1.45 bits per heavy atom. The van der Waals surface area contributed by atoms with Crippen molar-refractivity contribution in [2.24, 2.45) is 9.98 Å². The maximum Gasteiger partial charge on any atom is 0.240 e. The lowest BCUT2D eigenvalue weighted by atomic mass is 10.1. The van der Waals surface area contributed by atoms with Crippen LogP contribution in [0.2, 0.25) is 0 Å². The van der Waals surface area contributed by atoms with Crippen LogP contribution in [0.25, 0.3) is 11.1 Å². The van der Waals surface area contributed by atoms with Gasteiger partial charge in [-0.25, -0.2) is 9.59 Å². The number of nitrogens with zero attached hydrogens (tertiary/aromatic N) is 2. The van der Waals surface area contributed by atoms with Crippen molar-refractivity contribution >= 4 is 55.4 Å². The molecule has 0 N–H and O–H groups in total. The van der Waals surface area contributed by atoms with E-state index in [4.69, 9.17) is 0 Å². The molecule has 0 saturated carbocycles. The summed E-state index contributed by atoms with van der Waals surface area (Å²) in [4.78, 5) is 27.6. The van der Waals surface area contributed by atoms with Crippen LogP contribution in [0, 0.1) is 0 Å². The highest BCUT2D eigenvalue weighted by atomic mass is 79.9. The third kappa shape index (κ3) is 3.18. The molecule has 0 aromatic heterocycles. The first-order valence-corrected chi connectivity index (χ1v) is 6.99. The van der Waals surface area contributed by atoms with E-state index in [0.29, 0.717) is 11.4 Å². The van der Waals surface area contributed by atoms with E-state index in [1.165, 1.54) is 12.2 Å². The molecule has 0 saturated heterocycles. The molecule has 6 heteroatoms. The summed E-state index contributed by atoms with van der Waals surface area (Å²) in [7, 11) is 0. The van der Waals surface area contributed by atoms with Crippen LogP contribution in [0.15, 0.2) is 55.3 Å². The lowest BCUT2D eigenvalue weighted by Gasteiger charge is -2.08. The van der Waals surface area contributed by atoms with Crippen LogP contribution < -0.4 is 0 Å². The summed E-state index contributed by atoms with van der Waals surface area (Å²) in [5.74, 6) is 0. The Labute approximate surface area is 131 Å². The Morgan fingerprint density at radius 2 is 1.15 bits per heavy atom. The van der Waals surface area contributed by atoms with Crippen molar-refractivity contribution < 1.29 is 9.59 Å². The van der Waals surface area contributed by atoms with Gasteiger partial charge < -0.3 is 0 Å². The van der Waals surface area contributed by atoms with Gasteiger partial charge in [0.25, 0.3) is 0 Å². The van der Waals surface area contributed by atoms with E-state index < -0.39 is 0 Å². The number of rotatable bonds is 3. The van der Waals surface area contributed by atoms with Gasteiger partial charge in [0, 0.05) is 8.95 Å². The fourth-order valence-corrected chi connectivity index (χ4v) is 2.85. The highest BCUT2D eigenvalue weighted by Crippen LogP contribution is 2.37. The van der Waals surface area contributed by atoms with Crippen molar-refractivity contribution in [1.82, 2.24) is 0 Å². The fourth-order valence-electron chi connectivity index (χ4n) is 1.69. The number of carbonyl (C=O) groups excluding carboxylic acids is 2. The smallest absolute Gasteiger partial charge is 0.211 e. The summed E-state index contributed by atoms with van der Waals surface area (Å²) in [6.45, 7) is 0. The zero-order valence-electron chi connectivity index (χ0n) is 9.93. The number of hydrogen-bond acceptors (Lipinski definition) is 4. The quantitative estimate of drug-likeness (QED) is 0.554. The average molecular weight is 394 g/mol. The molecule has 0 heterocycles. The average Bonchev–Trinajstić information content (AvgIpc) is 2.41. The second-order valence-electron chi connectivity index (χ2n) is 3.73. The molecule has 20 heavy (non-hydrogen) atoms. The number of hydrogen-bond donors (Lipinski definition) is 0. The van der Waals surface area contributed by atoms with Crippen LogP contribution in [-0.2, 0) is 9.59 Å². The Morgan fingerprint density at radius 1 is 0.750 bits per heavy atom. The van der Waals surface area contributed by atoms with Crippen molar-refractivity contribution in [2.45, 2.75) is 0 Å². The van der Waals surface area contributed by atoms with Crippen LogP contribution in [0.3, 0.4) is 0 Å². The topological polar surface area (TPSA) is 58.9 Å². The number of benzene rings is 2. The van der Waals surface area contributed by atoms with Gasteiger partial charge in [-0.3, -0.25) is 0 Å². The Kier molecular flexibility index (Phi) is 4.77. The first kappa shape index (κ1) is 14.6. The first-order valence-electron chi connectivity index (χ1n) is 5.41. The molecule has 2 rings (SSSR count). The van der Waals surface area contributed by atoms with Crippen LogP contribution in [0.4, 0.5) is 11.4 Å². The zero-order valence-corrected chi connectivity index (χ0v) is 13.1. The van der Waals surface area contributed by atoms with Gasteiger partial charge in [-0.15, -0.1) is 0 Å². The minimum atomic E-state index is 0.522. The monoisotopic (exact) mass is 392 g/mol. The molecular weight excluding hydrogens is 388 g/mol. The van der Waals surface area contributed by atoms with E-state index >= 15 is 0 Å². The van der Waals surface area contributed by atoms with Crippen molar-refractivity contribution in [2.75, 3.05) is 0 Å². The summed E-state index contributed by atoms with van der Waals surface area (Å²) < 4.78 is 1.59. The molecule has 0 aliphatic carbocycles. The van der Waals surface area contributed by atoms with E-state index in [1.54, 1.807) is 24.3 Å². The van der Waals surface area contributed by atoms with Gasteiger partial charge in [0.2, 0.25) is 12.2 Å². The lowest BCUT2D eigenvalue weighted by molar-refractivity contribution is 0.564. The maximum absolute atomic E-state index is 10.2. The summed E-state index contributed by atoms with van der Waals surface area (Å²) in [6.07, 6.45) is 3.00. The number of isocyanates is 2. The molecule has 98 valence electrons. The third-order valence-electron chi connectivity index (χ3n) is 2.54. The van der Waals surface area contributed by atoms with Gasteiger partial charge in [0.15, 0.2) is 0 Å². The van der Waals surface area contributed by atoms with E-state index in [0.717, 1.165) is 20.1 Å². The fraction of sp³-hybridized carbons (Fsp3) is 0. The Hall–Kier alpha value is -1.84. The third-order valence-corrected chi connectivity index (χ3v) is 3.86. The molecule has 0 aliphatic rings. The molecule has 0 amide bonds. The van der Waals surface area contributed by atoms with E-state index in [9.17, 15) is 9.59 Å². The predicted molar refractivity (Wildman–Crippen MR) is 82.8 cm³/mol. The van der Waals surface area contributed by atoms with Crippen molar-refractivity contribution in [3.63, 3.8) is 0 Å². The summed E-state index contributed by atoms with van der Waals surface area (Å²) in [6, 6.07) is 10.6. The molecule has 0 aliphatic heterocycles. The molecular formula is C14H6Br2N2O2. The molecule has 2 aromatic carbocycles. The van der Waals surface area contributed by atoms with Crippen molar-refractivity contribution in [1.29, 1.82) is 0 Å². The standard InChI is InChI=1S/C14H6Br2N2O2/c15-13-5-9(17-7-19)1-3-11(13)12-4-2-10(18-8-20)6-14(12)16/h1-6H. The summed E-state index contributed by atoms with van der Waals surface area (Å²) in [5, 5.41) is 0. The van der Waals surface area contributed by atoms with Gasteiger partial charge in [-0.05, 0) is 35.4 Å². The SMILES string of the molecule is O=C=Nc1ccc(-c2ccc(N=C=O)cc2Br)c(Br)c1.